The molecule has 2 aromatic rings. The molecule has 0 bridgehead atoms. The van der Waals surface area contributed by atoms with Crippen LogP contribution in [0.3, 0.4) is 0 Å². The van der Waals surface area contributed by atoms with E-state index in [1.54, 1.807) is 33.0 Å². The molecule has 0 spiro atoms. The molecule has 6 heteroatoms. The van der Waals surface area contributed by atoms with E-state index in [0.717, 1.165) is 28.3 Å². The van der Waals surface area contributed by atoms with Crippen molar-refractivity contribution in [3.63, 3.8) is 0 Å². The Bertz CT molecular complexity index is 994. The quantitative estimate of drug-likeness (QED) is 0.130. The van der Waals surface area contributed by atoms with Crippen LogP contribution in [0.4, 0.5) is 5.69 Å². The summed E-state index contributed by atoms with van der Waals surface area (Å²) >= 11 is 3.23. The standard InChI is InChI=1S/C32H53NO2S3/c1-3-5-7-9-11-13-14-16-18-20-22-28(21-19-17-15-12-10-8-6-4-2)27-33-29-23-25-36-31(29)32-30(24-26-37-32)38(33,34)35/h23-26,28H,3-22,27H2,1-2H3. The van der Waals surface area contributed by atoms with E-state index >= 15 is 0 Å². The highest BCUT2D eigenvalue weighted by Gasteiger charge is 2.37. The van der Waals surface area contributed by atoms with E-state index < -0.39 is 10.0 Å². The highest BCUT2D eigenvalue weighted by molar-refractivity contribution is 7.93. The second kappa shape index (κ2) is 17.8. The second-order valence-electron chi connectivity index (χ2n) is 11.4. The van der Waals surface area contributed by atoms with E-state index in [4.69, 9.17) is 0 Å². The lowest BCUT2D eigenvalue weighted by atomic mass is 9.93. The fourth-order valence-corrected chi connectivity index (χ4v) is 10.0. The zero-order chi connectivity index (χ0) is 27.1. The van der Waals surface area contributed by atoms with E-state index in [1.807, 2.05) is 11.4 Å². The molecule has 0 saturated heterocycles. The topological polar surface area (TPSA) is 37.4 Å². The fourth-order valence-electron chi connectivity index (χ4n) is 5.83. The van der Waals surface area contributed by atoms with Gasteiger partial charge in [-0.05, 0) is 41.7 Å². The van der Waals surface area contributed by atoms with Gasteiger partial charge < -0.3 is 0 Å². The lowest BCUT2D eigenvalue weighted by Gasteiger charge is -2.32. The number of thiophene rings is 2. The molecular formula is C32H53NO2S3. The molecule has 0 N–H and O–H groups in total. The number of hydrogen-bond donors (Lipinski definition) is 0. The first-order chi connectivity index (χ1) is 18.6. The SMILES string of the molecule is CCCCCCCCCCCCC(CCCCCCCCCC)CN1c2ccsc2-c2sccc2S1(=O)=O. The zero-order valence-corrected chi connectivity index (χ0v) is 26.7. The Morgan fingerprint density at radius 3 is 1.61 bits per heavy atom. The van der Waals surface area contributed by atoms with Crippen LogP contribution >= 0.6 is 22.7 Å². The van der Waals surface area contributed by atoms with Crippen LogP contribution in [0.2, 0.25) is 0 Å². The number of sulfonamides is 1. The van der Waals surface area contributed by atoms with Gasteiger partial charge in [-0.1, -0.05) is 129 Å². The highest BCUT2D eigenvalue weighted by atomic mass is 32.2. The van der Waals surface area contributed by atoms with Crippen molar-refractivity contribution in [3.8, 4) is 9.75 Å². The van der Waals surface area contributed by atoms with Crippen LogP contribution in [0.25, 0.3) is 9.75 Å². The van der Waals surface area contributed by atoms with Gasteiger partial charge in [-0.25, -0.2) is 8.42 Å². The molecule has 216 valence electrons. The average Bonchev–Trinajstić information content (AvgIpc) is 3.59. The van der Waals surface area contributed by atoms with Gasteiger partial charge in [-0.2, -0.15) is 0 Å². The first-order valence-electron chi connectivity index (χ1n) is 15.8. The molecule has 1 aliphatic heterocycles. The van der Waals surface area contributed by atoms with Crippen molar-refractivity contribution in [1.29, 1.82) is 0 Å². The van der Waals surface area contributed by atoms with Crippen molar-refractivity contribution in [2.75, 3.05) is 10.8 Å². The van der Waals surface area contributed by atoms with Crippen LogP contribution in [0.1, 0.15) is 142 Å². The highest BCUT2D eigenvalue weighted by Crippen LogP contribution is 2.49. The smallest absolute Gasteiger partial charge is 0.264 e. The van der Waals surface area contributed by atoms with Crippen LogP contribution in [0, 0.1) is 5.92 Å². The summed E-state index contributed by atoms with van der Waals surface area (Å²) in [5, 5.41) is 3.98. The van der Waals surface area contributed by atoms with Gasteiger partial charge in [-0.15, -0.1) is 22.7 Å². The van der Waals surface area contributed by atoms with Gasteiger partial charge in [0, 0.05) is 6.54 Å². The van der Waals surface area contributed by atoms with Crippen LogP contribution in [0.15, 0.2) is 27.8 Å². The Morgan fingerprint density at radius 1 is 0.632 bits per heavy atom. The van der Waals surface area contributed by atoms with Gasteiger partial charge in [-0.3, -0.25) is 4.31 Å². The molecule has 3 rings (SSSR count). The third-order valence-electron chi connectivity index (χ3n) is 8.17. The summed E-state index contributed by atoms with van der Waals surface area (Å²) in [6.07, 6.45) is 26.3. The minimum absolute atomic E-state index is 0.437. The Balaban J connectivity index is 1.50. The molecule has 2 aromatic heterocycles. The molecule has 0 aliphatic carbocycles. The van der Waals surface area contributed by atoms with E-state index in [9.17, 15) is 8.42 Å². The number of anilines is 1. The van der Waals surface area contributed by atoms with E-state index in [1.165, 1.54) is 116 Å². The van der Waals surface area contributed by atoms with Crippen molar-refractivity contribution in [2.24, 2.45) is 5.92 Å². The van der Waals surface area contributed by atoms with Crippen molar-refractivity contribution in [1.82, 2.24) is 0 Å². The molecule has 0 fully saturated rings. The van der Waals surface area contributed by atoms with Crippen LogP contribution in [-0.2, 0) is 10.0 Å². The number of unbranched alkanes of at least 4 members (excludes halogenated alkanes) is 16. The van der Waals surface area contributed by atoms with Gasteiger partial charge in [0.05, 0.1) is 15.4 Å². The predicted molar refractivity (Wildman–Crippen MR) is 169 cm³/mol. The summed E-state index contributed by atoms with van der Waals surface area (Å²) in [5.41, 5.74) is 0.911. The molecule has 3 heterocycles. The van der Waals surface area contributed by atoms with E-state index in [-0.39, 0.29) is 0 Å². The zero-order valence-electron chi connectivity index (χ0n) is 24.2. The van der Waals surface area contributed by atoms with Crippen molar-refractivity contribution < 1.29 is 8.42 Å². The Hall–Kier alpha value is -0.850. The molecule has 1 aliphatic rings. The monoisotopic (exact) mass is 579 g/mol. The van der Waals surface area contributed by atoms with Gasteiger partial charge >= 0.3 is 0 Å². The van der Waals surface area contributed by atoms with Crippen LogP contribution in [-0.4, -0.2) is 15.0 Å². The molecule has 0 aromatic carbocycles. The van der Waals surface area contributed by atoms with Crippen LogP contribution in [0.5, 0.6) is 0 Å². The van der Waals surface area contributed by atoms with Gasteiger partial charge in [0.25, 0.3) is 10.0 Å². The minimum Gasteiger partial charge on any atom is -0.264 e. The van der Waals surface area contributed by atoms with Crippen molar-refractivity contribution >= 4 is 38.4 Å². The summed E-state index contributed by atoms with van der Waals surface area (Å²) in [5.74, 6) is 0.437. The Morgan fingerprint density at radius 2 is 1.08 bits per heavy atom. The average molecular weight is 580 g/mol. The van der Waals surface area contributed by atoms with Crippen molar-refractivity contribution in [3.05, 3.63) is 22.9 Å². The third-order valence-corrected chi connectivity index (χ3v) is 12.1. The number of nitrogens with zero attached hydrogens (tertiary/aromatic N) is 1. The molecule has 0 saturated carbocycles. The number of rotatable bonds is 22. The van der Waals surface area contributed by atoms with Gasteiger partial charge in [0.1, 0.15) is 4.90 Å². The summed E-state index contributed by atoms with van der Waals surface area (Å²) in [6.45, 7) is 5.19. The van der Waals surface area contributed by atoms with Crippen LogP contribution < -0.4 is 4.31 Å². The van der Waals surface area contributed by atoms with Gasteiger partial charge in [0.15, 0.2) is 0 Å². The van der Waals surface area contributed by atoms with E-state index in [2.05, 4.69) is 19.2 Å². The molecule has 1 unspecified atom stereocenters. The first-order valence-corrected chi connectivity index (χ1v) is 19.0. The molecule has 1 atom stereocenters. The number of fused-ring (bicyclic) bond motifs is 3. The van der Waals surface area contributed by atoms with Crippen molar-refractivity contribution in [2.45, 2.75) is 147 Å². The molecule has 3 nitrogen and oxygen atoms in total. The maximum atomic E-state index is 13.6. The summed E-state index contributed by atoms with van der Waals surface area (Å²) in [7, 11) is -3.47. The Labute approximate surface area is 242 Å². The Kier molecular flexibility index (Phi) is 14.8. The lowest BCUT2D eigenvalue weighted by molar-refractivity contribution is 0.409. The molecule has 0 radical (unpaired) electrons. The minimum atomic E-state index is -3.47. The fraction of sp³-hybridized carbons (Fsp3) is 0.750. The summed E-state index contributed by atoms with van der Waals surface area (Å²) in [4.78, 5) is 2.58. The second-order valence-corrected chi connectivity index (χ2v) is 15.0. The maximum Gasteiger partial charge on any atom is 0.265 e. The lowest BCUT2D eigenvalue weighted by Crippen LogP contribution is -2.37. The van der Waals surface area contributed by atoms with E-state index in [0.29, 0.717) is 17.4 Å². The molecular weight excluding hydrogens is 527 g/mol. The normalized spacial score (nSPS) is 14.9. The third kappa shape index (κ3) is 9.66. The molecule has 0 amide bonds. The summed E-state index contributed by atoms with van der Waals surface area (Å²) < 4.78 is 29.0. The largest absolute Gasteiger partial charge is 0.265 e. The molecule has 38 heavy (non-hydrogen) atoms. The van der Waals surface area contributed by atoms with Gasteiger partial charge in [0.2, 0.25) is 0 Å². The number of hydrogen-bond acceptors (Lipinski definition) is 4. The maximum absolute atomic E-state index is 13.6. The first kappa shape index (κ1) is 31.7. The summed E-state index contributed by atoms with van der Waals surface area (Å²) in [6, 6.07) is 3.83. The predicted octanol–water partition coefficient (Wildman–Crippen LogP) is 11.4.